The normalized spacial score (nSPS) is 13.9. The molecular weight excluding hydrogens is 408 g/mol. The molecule has 3 aromatic rings. The van der Waals surface area contributed by atoms with Gasteiger partial charge in [-0.3, -0.25) is 4.79 Å². The van der Waals surface area contributed by atoms with Crippen molar-refractivity contribution in [1.29, 1.82) is 0 Å². The first-order chi connectivity index (χ1) is 15.7. The monoisotopic (exact) mass is 436 g/mol. The number of carbonyl (C=O) groups is 1. The lowest BCUT2D eigenvalue weighted by molar-refractivity contribution is 0.0744. The van der Waals surface area contributed by atoms with Gasteiger partial charge in [-0.15, -0.1) is 10.2 Å². The first-order valence-electron chi connectivity index (χ1n) is 10.9. The number of aromatic nitrogens is 2. The molecule has 2 aromatic carbocycles. The van der Waals surface area contributed by atoms with Crippen molar-refractivity contribution in [2.75, 3.05) is 58.0 Å². The Morgan fingerprint density at radius 1 is 0.938 bits per heavy atom. The highest BCUT2D eigenvalue weighted by Crippen LogP contribution is 2.30. The number of hydrogen-bond donors (Lipinski definition) is 0. The Kier molecular flexibility index (Phi) is 7.01. The van der Waals surface area contributed by atoms with Crippen LogP contribution < -0.4 is 14.4 Å². The lowest BCUT2D eigenvalue weighted by Gasteiger charge is -2.35. The van der Waals surface area contributed by atoms with E-state index in [2.05, 4.69) is 15.1 Å². The minimum Gasteiger partial charge on any atom is -0.493 e. The number of benzene rings is 2. The molecule has 32 heavy (non-hydrogen) atoms. The van der Waals surface area contributed by atoms with Crippen molar-refractivity contribution in [2.24, 2.45) is 0 Å². The fourth-order valence-corrected chi connectivity index (χ4v) is 3.83. The number of anilines is 1. The summed E-state index contributed by atoms with van der Waals surface area (Å²) in [6.07, 6.45) is 0. The summed E-state index contributed by atoms with van der Waals surface area (Å²) in [5.41, 5.74) is 0.635. The molecule has 168 valence electrons. The molecule has 0 radical (unpaired) electrons. The average molecular weight is 437 g/mol. The fraction of sp³-hybridized carbons (Fsp3) is 0.375. The minimum absolute atomic E-state index is 0.00197. The lowest BCUT2D eigenvalue weighted by Crippen LogP contribution is -2.49. The van der Waals surface area contributed by atoms with Crippen LogP contribution in [-0.4, -0.2) is 74.1 Å². The number of methoxy groups -OCH3 is 1. The molecule has 0 bridgehead atoms. The summed E-state index contributed by atoms with van der Waals surface area (Å²) >= 11 is 0. The molecule has 0 aliphatic carbocycles. The van der Waals surface area contributed by atoms with Crippen LogP contribution in [-0.2, 0) is 4.74 Å². The minimum atomic E-state index is -0.00197. The second-order valence-electron chi connectivity index (χ2n) is 7.44. The summed E-state index contributed by atoms with van der Waals surface area (Å²) in [5.74, 6) is 1.88. The Bertz CT molecular complexity index is 1050. The first kappa shape index (κ1) is 21.8. The number of fused-ring (bicyclic) bond motifs is 1. The number of rotatable bonds is 8. The zero-order valence-electron chi connectivity index (χ0n) is 18.5. The van der Waals surface area contributed by atoms with Crippen LogP contribution >= 0.6 is 0 Å². The van der Waals surface area contributed by atoms with E-state index in [0.29, 0.717) is 63.2 Å². The summed E-state index contributed by atoms with van der Waals surface area (Å²) < 4.78 is 16.2. The number of nitrogens with zero attached hydrogens (tertiary/aromatic N) is 4. The molecule has 2 heterocycles. The highest BCUT2D eigenvalue weighted by Gasteiger charge is 2.26. The molecule has 1 aromatic heterocycles. The molecular formula is C24H28N4O4. The summed E-state index contributed by atoms with van der Waals surface area (Å²) in [4.78, 5) is 17.5. The van der Waals surface area contributed by atoms with Gasteiger partial charge in [0.05, 0.1) is 18.8 Å². The molecule has 0 atom stereocenters. The van der Waals surface area contributed by atoms with Crippen LogP contribution in [0.4, 0.5) is 5.82 Å². The zero-order valence-corrected chi connectivity index (χ0v) is 18.5. The SMILES string of the molecule is CCOc1ccc2ccccc2c1C(=O)N1CCN(c2ccc(OCCOC)nn2)CC1. The number of piperazine rings is 1. The van der Waals surface area contributed by atoms with Crippen LogP contribution in [0.3, 0.4) is 0 Å². The fourth-order valence-electron chi connectivity index (χ4n) is 3.83. The van der Waals surface area contributed by atoms with Crippen molar-refractivity contribution >= 4 is 22.5 Å². The maximum atomic E-state index is 13.5. The van der Waals surface area contributed by atoms with E-state index < -0.39 is 0 Å². The molecule has 1 fully saturated rings. The predicted octanol–water partition coefficient (Wildman–Crippen LogP) is 3.02. The van der Waals surface area contributed by atoms with Gasteiger partial charge in [0.25, 0.3) is 5.91 Å². The topological polar surface area (TPSA) is 77.0 Å². The first-order valence-corrected chi connectivity index (χ1v) is 10.9. The van der Waals surface area contributed by atoms with Crippen LogP contribution in [0.5, 0.6) is 11.6 Å². The van der Waals surface area contributed by atoms with Crippen LogP contribution in [0.25, 0.3) is 10.8 Å². The molecule has 8 heteroatoms. The van der Waals surface area contributed by atoms with Gasteiger partial charge >= 0.3 is 0 Å². The third kappa shape index (κ3) is 4.75. The number of amides is 1. The number of ether oxygens (including phenoxy) is 3. The van der Waals surface area contributed by atoms with Gasteiger partial charge < -0.3 is 24.0 Å². The van der Waals surface area contributed by atoms with E-state index in [4.69, 9.17) is 14.2 Å². The predicted molar refractivity (Wildman–Crippen MR) is 123 cm³/mol. The van der Waals surface area contributed by atoms with Crippen molar-refractivity contribution in [1.82, 2.24) is 15.1 Å². The molecule has 8 nitrogen and oxygen atoms in total. The van der Waals surface area contributed by atoms with Gasteiger partial charge in [-0.2, -0.15) is 0 Å². The molecule has 1 amide bonds. The van der Waals surface area contributed by atoms with E-state index in [1.54, 1.807) is 13.2 Å². The number of carbonyl (C=O) groups excluding carboxylic acids is 1. The standard InChI is InChI=1S/C24H28N4O4/c1-3-31-20-9-8-18-6-4-5-7-19(18)23(20)24(29)28-14-12-27(13-15-28)21-10-11-22(26-25-21)32-17-16-30-2/h4-11H,3,12-17H2,1-2H3. The Morgan fingerprint density at radius 3 is 2.47 bits per heavy atom. The Hall–Kier alpha value is -3.39. The number of hydrogen-bond acceptors (Lipinski definition) is 7. The van der Waals surface area contributed by atoms with Gasteiger partial charge in [0.2, 0.25) is 5.88 Å². The van der Waals surface area contributed by atoms with Gasteiger partial charge in [0.1, 0.15) is 12.4 Å². The summed E-state index contributed by atoms with van der Waals surface area (Å²) in [7, 11) is 1.63. The Morgan fingerprint density at radius 2 is 1.75 bits per heavy atom. The van der Waals surface area contributed by atoms with E-state index >= 15 is 0 Å². The van der Waals surface area contributed by atoms with E-state index in [-0.39, 0.29) is 5.91 Å². The van der Waals surface area contributed by atoms with Crippen LogP contribution in [0.2, 0.25) is 0 Å². The van der Waals surface area contributed by atoms with Gasteiger partial charge in [0, 0.05) is 39.4 Å². The molecule has 0 unspecified atom stereocenters. The second kappa shape index (κ2) is 10.3. The second-order valence-corrected chi connectivity index (χ2v) is 7.44. The van der Waals surface area contributed by atoms with E-state index in [0.717, 1.165) is 16.6 Å². The van der Waals surface area contributed by atoms with Crippen molar-refractivity contribution in [3.8, 4) is 11.6 Å². The van der Waals surface area contributed by atoms with Crippen LogP contribution in [0.15, 0.2) is 48.5 Å². The molecule has 0 spiro atoms. The Balaban J connectivity index is 1.44. The van der Waals surface area contributed by atoms with Gasteiger partial charge in [-0.25, -0.2) is 0 Å². The zero-order chi connectivity index (χ0) is 22.3. The van der Waals surface area contributed by atoms with E-state index in [1.807, 2.05) is 54.3 Å². The Labute approximate surface area is 187 Å². The molecule has 0 saturated carbocycles. The highest BCUT2D eigenvalue weighted by atomic mass is 16.5. The maximum absolute atomic E-state index is 13.5. The van der Waals surface area contributed by atoms with E-state index in [9.17, 15) is 4.79 Å². The van der Waals surface area contributed by atoms with Gasteiger partial charge in [-0.05, 0) is 29.8 Å². The average Bonchev–Trinajstić information content (AvgIpc) is 2.84. The highest BCUT2D eigenvalue weighted by molar-refractivity contribution is 6.09. The summed E-state index contributed by atoms with van der Waals surface area (Å²) in [6, 6.07) is 15.5. The lowest BCUT2D eigenvalue weighted by atomic mass is 10.0. The summed E-state index contributed by atoms with van der Waals surface area (Å²) in [6.45, 7) is 5.93. The molecule has 4 rings (SSSR count). The van der Waals surface area contributed by atoms with Gasteiger partial charge in [-0.1, -0.05) is 30.3 Å². The third-order valence-corrected chi connectivity index (χ3v) is 5.46. The van der Waals surface area contributed by atoms with Crippen molar-refractivity contribution in [3.05, 3.63) is 54.1 Å². The van der Waals surface area contributed by atoms with Crippen LogP contribution in [0.1, 0.15) is 17.3 Å². The summed E-state index contributed by atoms with van der Waals surface area (Å²) in [5, 5.41) is 10.3. The van der Waals surface area contributed by atoms with Crippen molar-refractivity contribution in [2.45, 2.75) is 6.92 Å². The molecule has 0 N–H and O–H groups in total. The van der Waals surface area contributed by atoms with Crippen molar-refractivity contribution < 1.29 is 19.0 Å². The molecule has 1 aliphatic heterocycles. The molecule has 1 aliphatic rings. The molecule has 1 saturated heterocycles. The van der Waals surface area contributed by atoms with Gasteiger partial charge in [0.15, 0.2) is 5.82 Å². The van der Waals surface area contributed by atoms with Crippen molar-refractivity contribution in [3.63, 3.8) is 0 Å². The van der Waals surface area contributed by atoms with E-state index in [1.165, 1.54) is 0 Å². The maximum Gasteiger partial charge on any atom is 0.258 e. The van der Waals surface area contributed by atoms with Crippen LogP contribution in [0, 0.1) is 0 Å². The quantitative estimate of drug-likeness (QED) is 0.503. The largest absolute Gasteiger partial charge is 0.493 e. The third-order valence-electron chi connectivity index (χ3n) is 5.46. The smallest absolute Gasteiger partial charge is 0.258 e.